The van der Waals surface area contributed by atoms with Crippen LogP contribution in [0.5, 0.6) is 0 Å². The van der Waals surface area contributed by atoms with Gasteiger partial charge in [0.2, 0.25) is 10.0 Å². The highest BCUT2D eigenvalue weighted by molar-refractivity contribution is 7.89. The Labute approximate surface area is 174 Å². The van der Waals surface area contributed by atoms with Crippen molar-refractivity contribution in [1.82, 2.24) is 14.3 Å². The fourth-order valence-corrected chi connectivity index (χ4v) is 6.77. The van der Waals surface area contributed by atoms with E-state index >= 15 is 0 Å². The predicted molar refractivity (Wildman–Crippen MR) is 117 cm³/mol. The van der Waals surface area contributed by atoms with Crippen molar-refractivity contribution < 1.29 is 8.42 Å². The number of benzene rings is 2. The van der Waals surface area contributed by atoms with Crippen LogP contribution in [0.3, 0.4) is 0 Å². The molecule has 1 aliphatic rings. The molecule has 0 atom stereocenters. The summed E-state index contributed by atoms with van der Waals surface area (Å²) < 4.78 is 29.5. The summed E-state index contributed by atoms with van der Waals surface area (Å²) in [5.41, 5.74) is 2.59. The smallest absolute Gasteiger partial charge is 0.245 e. The summed E-state index contributed by atoms with van der Waals surface area (Å²) in [6, 6.07) is 15.5. The van der Waals surface area contributed by atoms with E-state index in [1.54, 1.807) is 34.0 Å². The molecule has 0 amide bonds. The first kappa shape index (κ1) is 18.7. The van der Waals surface area contributed by atoms with Crippen molar-refractivity contribution in [2.45, 2.75) is 30.6 Å². The second-order valence-corrected chi connectivity index (χ2v) is 10.5. The largest absolute Gasteiger partial charge is 0.255 e. The Morgan fingerprint density at radius 1 is 1.07 bits per heavy atom. The molecule has 0 unspecified atom stereocenters. The molecule has 0 spiro atoms. The normalized spacial score (nSPS) is 16.6. The molecule has 1 fully saturated rings. The Hall–Kier alpha value is -2.35. The lowest BCUT2D eigenvalue weighted by atomic mass is 9.99. The van der Waals surface area contributed by atoms with Gasteiger partial charge >= 0.3 is 0 Å². The zero-order valence-electron chi connectivity index (χ0n) is 16.1. The molecule has 7 heteroatoms. The maximum atomic E-state index is 13.3. The number of aryl methyl sites for hydroxylation is 1. The zero-order valence-corrected chi connectivity index (χ0v) is 17.7. The highest BCUT2D eigenvalue weighted by Gasteiger charge is 2.32. The fraction of sp³-hybridized carbons (Fsp3) is 0.273. The molecule has 3 heterocycles. The lowest BCUT2D eigenvalue weighted by molar-refractivity contribution is 0.319. The Balaban J connectivity index is 1.40. The number of fused-ring (bicyclic) bond motifs is 2. The molecule has 0 bridgehead atoms. The van der Waals surface area contributed by atoms with Gasteiger partial charge in [-0.25, -0.2) is 13.4 Å². The van der Waals surface area contributed by atoms with Crippen molar-refractivity contribution in [2.75, 3.05) is 13.1 Å². The summed E-state index contributed by atoms with van der Waals surface area (Å²) in [6.07, 6.45) is 3.30. The molecule has 0 saturated carbocycles. The molecule has 0 N–H and O–H groups in total. The van der Waals surface area contributed by atoms with E-state index in [0.29, 0.717) is 29.4 Å². The van der Waals surface area contributed by atoms with Gasteiger partial charge in [-0.2, -0.15) is 4.31 Å². The van der Waals surface area contributed by atoms with Crippen molar-refractivity contribution in [2.24, 2.45) is 0 Å². The van der Waals surface area contributed by atoms with Crippen LogP contribution in [-0.2, 0) is 10.0 Å². The van der Waals surface area contributed by atoms with E-state index in [0.717, 1.165) is 34.3 Å². The summed E-state index contributed by atoms with van der Waals surface area (Å²) in [5, 5.41) is 1.97. The van der Waals surface area contributed by atoms with E-state index in [-0.39, 0.29) is 0 Å². The molecule has 4 aromatic rings. The molecule has 0 radical (unpaired) electrons. The number of aromatic nitrogens is 2. The molecule has 5 nitrogen and oxygen atoms in total. The Morgan fingerprint density at radius 3 is 2.66 bits per heavy atom. The molecule has 148 valence electrons. The second-order valence-electron chi connectivity index (χ2n) is 7.54. The number of para-hydroxylation sites is 2. The van der Waals surface area contributed by atoms with Crippen molar-refractivity contribution in [1.29, 1.82) is 0 Å². The molecule has 0 aliphatic carbocycles. The number of sulfonamides is 1. The highest BCUT2D eigenvalue weighted by atomic mass is 32.2. The number of thiazole rings is 1. The van der Waals surface area contributed by atoms with E-state index < -0.39 is 10.0 Å². The summed E-state index contributed by atoms with van der Waals surface area (Å²) in [7, 11) is -3.58. The van der Waals surface area contributed by atoms with Gasteiger partial charge in [-0.1, -0.05) is 24.3 Å². The van der Waals surface area contributed by atoms with Crippen LogP contribution < -0.4 is 0 Å². The number of hydrogen-bond acceptors (Lipinski definition) is 5. The van der Waals surface area contributed by atoms with Crippen LogP contribution in [0.25, 0.3) is 21.1 Å². The average molecular weight is 424 g/mol. The van der Waals surface area contributed by atoms with Crippen molar-refractivity contribution >= 4 is 42.5 Å². The topological polar surface area (TPSA) is 63.2 Å². The Morgan fingerprint density at radius 2 is 1.86 bits per heavy atom. The molecule has 1 saturated heterocycles. The lowest BCUT2D eigenvalue weighted by Crippen LogP contribution is -2.38. The first-order valence-electron chi connectivity index (χ1n) is 9.73. The monoisotopic (exact) mass is 423 g/mol. The maximum Gasteiger partial charge on any atom is 0.245 e. The summed E-state index contributed by atoms with van der Waals surface area (Å²) in [4.78, 5) is 9.49. The molecule has 2 aromatic carbocycles. The Bertz CT molecular complexity index is 1270. The van der Waals surface area contributed by atoms with E-state index in [1.165, 1.54) is 4.70 Å². The van der Waals surface area contributed by atoms with Gasteiger partial charge in [-0.05, 0) is 49.6 Å². The number of hydrogen-bond donors (Lipinski definition) is 0. The summed E-state index contributed by atoms with van der Waals surface area (Å²) >= 11 is 1.72. The van der Waals surface area contributed by atoms with Gasteiger partial charge in [0.15, 0.2) is 0 Å². The minimum absolute atomic E-state index is 0.299. The first-order valence-corrected chi connectivity index (χ1v) is 12.0. The van der Waals surface area contributed by atoms with Gasteiger partial charge in [0.05, 0.1) is 20.7 Å². The van der Waals surface area contributed by atoms with Crippen molar-refractivity contribution in [3.63, 3.8) is 0 Å². The Kier molecular flexibility index (Phi) is 4.61. The lowest BCUT2D eigenvalue weighted by Gasteiger charge is -2.30. The van der Waals surface area contributed by atoms with E-state index in [9.17, 15) is 8.42 Å². The van der Waals surface area contributed by atoms with Crippen LogP contribution in [0.2, 0.25) is 0 Å². The quantitative estimate of drug-likeness (QED) is 0.478. The molecule has 5 rings (SSSR count). The van der Waals surface area contributed by atoms with Gasteiger partial charge in [0, 0.05) is 30.6 Å². The highest BCUT2D eigenvalue weighted by Crippen LogP contribution is 2.35. The third kappa shape index (κ3) is 3.33. The molecular weight excluding hydrogens is 402 g/mol. The summed E-state index contributed by atoms with van der Waals surface area (Å²) in [6.45, 7) is 2.97. The molecular formula is C22H21N3O2S2. The van der Waals surface area contributed by atoms with E-state index in [1.807, 2.05) is 37.3 Å². The predicted octanol–water partition coefficient (Wildman–Crippen LogP) is 4.72. The van der Waals surface area contributed by atoms with Crippen LogP contribution in [-0.4, -0.2) is 35.8 Å². The third-order valence-electron chi connectivity index (χ3n) is 5.54. The number of rotatable bonds is 3. The van der Waals surface area contributed by atoms with Gasteiger partial charge in [-0.3, -0.25) is 4.98 Å². The summed E-state index contributed by atoms with van der Waals surface area (Å²) in [5.74, 6) is 0.312. The molecule has 29 heavy (non-hydrogen) atoms. The average Bonchev–Trinajstić information content (AvgIpc) is 3.17. The van der Waals surface area contributed by atoms with E-state index in [4.69, 9.17) is 4.98 Å². The third-order valence-corrected chi connectivity index (χ3v) is 8.67. The minimum Gasteiger partial charge on any atom is -0.255 e. The minimum atomic E-state index is -3.58. The fourth-order valence-electron chi connectivity index (χ4n) is 4.00. The van der Waals surface area contributed by atoms with Crippen LogP contribution in [0.1, 0.15) is 29.3 Å². The second kappa shape index (κ2) is 7.16. The van der Waals surface area contributed by atoms with Crippen molar-refractivity contribution in [3.8, 4) is 0 Å². The van der Waals surface area contributed by atoms with Crippen LogP contribution >= 0.6 is 11.3 Å². The van der Waals surface area contributed by atoms with Gasteiger partial charge in [-0.15, -0.1) is 11.3 Å². The van der Waals surface area contributed by atoms with Gasteiger partial charge in [0.25, 0.3) is 0 Å². The number of pyridine rings is 1. The van der Waals surface area contributed by atoms with Crippen LogP contribution in [0, 0.1) is 6.92 Å². The SMILES string of the molecule is Cc1cnc2c(S(=O)(=O)N3CCC(c4nc5ccccc5s4)CC3)cccc2c1. The van der Waals surface area contributed by atoms with Crippen LogP contribution in [0.4, 0.5) is 0 Å². The first-order chi connectivity index (χ1) is 14.0. The molecule has 1 aliphatic heterocycles. The molecule has 2 aromatic heterocycles. The van der Waals surface area contributed by atoms with Gasteiger partial charge in [0.1, 0.15) is 4.90 Å². The number of piperidine rings is 1. The van der Waals surface area contributed by atoms with Gasteiger partial charge < -0.3 is 0 Å². The zero-order chi connectivity index (χ0) is 20.0. The van der Waals surface area contributed by atoms with Crippen LogP contribution in [0.15, 0.2) is 59.6 Å². The van der Waals surface area contributed by atoms with Crippen molar-refractivity contribution in [3.05, 3.63) is 65.3 Å². The number of nitrogens with zero attached hydrogens (tertiary/aromatic N) is 3. The van der Waals surface area contributed by atoms with E-state index in [2.05, 4.69) is 11.1 Å². The maximum absolute atomic E-state index is 13.3. The standard InChI is InChI=1S/C22H21N3O2S2/c1-15-13-17-5-4-8-20(21(17)23-14-15)29(26,27)25-11-9-16(10-12-25)22-24-18-6-2-3-7-19(18)28-22/h2-8,13-14,16H,9-12H2,1H3.